The molecule has 0 aromatic heterocycles. The highest BCUT2D eigenvalue weighted by Crippen LogP contribution is 2.43. The molecule has 0 atom stereocenters. The quantitative estimate of drug-likeness (QED) is 0.553. The molecule has 0 heterocycles. The van der Waals surface area contributed by atoms with Crippen LogP contribution in [0, 0.1) is 6.92 Å². The summed E-state index contributed by atoms with van der Waals surface area (Å²) in [6.07, 6.45) is -10.5. The summed E-state index contributed by atoms with van der Waals surface area (Å²) in [7, 11) is 0. The normalized spacial score (nSPS) is 12.7. The van der Waals surface area contributed by atoms with E-state index in [4.69, 9.17) is 11.6 Å². The van der Waals surface area contributed by atoms with Crippen LogP contribution in [-0.2, 0) is 12.4 Å². The molecule has 100 valence electrons. The van der Waals surface area contributed by atoms with Gasteiger partial charge in [-0.2, -0.15) is 26.3 Å². The fourth-order valence-electron chi connectivity index (χ4n) is 1.49. The molecule has 0 radical (unpaired) electrons. The third-order valence-electron chi connectivity index (χ3n) is 2.20. The van der Waals surface area contributed by atoms with Gasteiger partial charge in [-0.05, 0) is 30.2 Å². The van der Waals surface area contributed by atoms with Gasteiger partial charge in [0.05, 0.1) is 11.1 Å². The molecule has 1 aromatic carbocycles. The van der Waals surface area contributed by atoms with Crippen molar-refractivity contribution in [1.29, 1.82) is 0 Å². The van der Waals surface area contributed by atoms with E-state index in [9.17, 15) is 31.1 Å². The molecule has 0 saturated heterocycles. The lowest BCUT2D eigenvalue weighted by Gasteiger charge is -2.19. The first kappa shape index (κ1) is 14.8. The zero-order chi connectivity index (χ0) is 14.3. The molecule has 0 spiro atoms. The maximum absolute atomic E-state index is 12.7. The lowest BCUT2D eigenvalue weighted by Crippen LogP contribution is -2.20. The van der Waals surface area contributed by atoms with Crippen molar-refractivity contribution in [2.75, 3.05) is 0 Å². The highest BCUT2D eigenvalue weighted by molar-refractivity contribution is 6.68. The molecule has 0 aliphatic carbocycles. The van der Waals surface area contributed by atoms with Crippen molar-refractivity contribution in [3.8, 4) is 0 Å². The molecule has 0 bridgehead atoms. The van der Waals surface area contributed by atoms with Gasteiger partial charge in [0.15, 0.2) is 0 Å². The first-order valence-corrected chi connectivity index (χ1v) is 4.82. The SMILES string of the molecule is Cc1ccc(C(F)(F)F)c(C(F)(F)F)c1C(=O)Cl. The van der Waals surface area contributed by atoms with Crippen LogP contribution >= 0.6 is 11.6 Å². The summed E-state index contributed by atoms with van der Waals surface area (Å²) in [6, 6.07) is 1.05. The smallest absolute Gasteiger partial charge is 0.276 e. The minimum atomic E-state index is -5.32. The molecular formula is C10H5ClF6O. The van der Waals surface area contributed by atoms with E-state index in [1.165, 1.54) is 0 Å². The van der Waals surface area contributed by atoms with Gasteiger partial charge in [-0.25, -0.2) is 0 Å². The highest BCUT2D eigenvalue weighted by Gasteiger charge is 2.46. The zero-order valence-electron chi connectivity index (χ0n) is 8.71. The van der Waals surface area contributed by atoms with Gasteiger partial charge in [0, 0.05) is 5.56 Å². The number of carbonyl (C=O) groups excluding carboxylic acids is 1. The summed E-state index contributed by atoms with van der Waals surface area (Å²) in [5, 5.41) is -1.58. The number of hydrogen-bond donors (Lipinski definition) is 0. The summed E-state index contributed by atoms with van der Waals surface area (Å²) < 4.78 is 75.5. The minimum Gasteiger partial charge on any atom is -0.276 e. The number of hydrogen-bond acceptors (Lipinski definition) is 1. The molecule has 8 heteroatoms. The number of benzene rings is 1. The second-order valence-corrected chi connectivity index (χ2v) is 3.79. The molecule has 0 unspecified atom stereocenters. The van der Waals surface area contributed by atoms with E-state index in [1.807, 2.05) is 0 Å². The second kappa shape index (κ2) is 4.46. The van der Waals surface area contributed by atoms with Crippen LogP contribution in [0.15, 0.2) is 12.1 Å². The summed E-state index contributed by atoms with van der Waals surface area (Å²) in [6.45, 7) is 1.07. The molecular weight excluding hydrogens is 286 g/mol. The first-order valence-electron chi connectivity index (χ1n) is 4.44. The summed E-state index contributed by atoms with van der Waals surface area (Å²) in [5.74, 6) is 0. The molecule has 1 nitrogen and oxygen atoms in total. The second-order valence-electron chi connectivity index (χ2n) is 3.45. The van der Waals surface area contributed by atoms with Crippen LogP contribution in [0.4, 0.5) is 26.3 Å². The first-order chi connectivity index (χ1) is 7.96. The number of carbonyl (C=O) groups is 1. The van der Waals surface area contributed by atoms with Gasteiger partial charge >= 0.3 is 12.4 Å². The van der Waals surface area contributed by atoms with Crippen LogP contribution in [0.5, 0.6) is 0 Å². The zero-order valence-corrected chi connectivity index (χ0v) is 9.46. The molecule has 0 aliphatic rings. The Hall–Kier alpha value is -1.24. The van der Waals surface area contributed by atoms with Gasteiger partial charge in [0.2, 0.25) is 0 Å². The molecule has 1 aromatic rings. The van der Waals surface area contributed by atoms with Crippen molar-refractivity contribution < 1.29 is 31.1 Å². The standard InChI is InChI=1S/C10H5ClF6O/c1-4-2-3-5(9(12,13)14)7(10(15,16)17)6(4)8(11)18/h2-3H,1H3. The average molecular weight is 291 g/mol. The Morgan fingerprint density at radius 3 is 1.89 bits per heavy atom. The van der Waals surface area contributed by atoms with Crippen molar-refractivity contribution in [3.05, 3.63) is 34.4 Å². The van der Waals surface area contributed by atoms with Gasteiger partial charge in [0.1, 0.15) is 0 Å². The number of rotatable bonds is 1. The van der Waals surface area contributed by atoms with Crippen molar-refractivity contribution in [2.45, 2.75) is 19.3 Å². The van der Waals surface area contributed by atoms with Gasteiger partial charge in [-0.3, -0.25) is 4.79 Å². The van der Waals surface area contributed by atoms with Crippen LogP contribution in [0.3, 0.4) is 0 Å². The summed E-state index contributed by atoms with van der Waals surface area (Å²) >= 11 is 4.94. The van der Waals surface area contributed by atoms with E-state index in [-0.39, 0.29) is 11.6 Å². The lowest BCUT2D eigenvalue weighted by molar-refractivity contribution is -0.162. The average Bonchev–Trinajstić information content (AvgIpc) is 2.12. The van der Waals surface area contributed by atoms with Crippen LogP contribution in [0.2, 0.25) is 0 Å². The Labute approximate surface area is 102 Å². The third-order valence-corrected chi connectivity index (χ3v) is 2.39. The van der Waals surface area contributed by atoms with Crippen LogP contribution in [0.25, 0.3) is 0 Å². The van der Waals surface area contributed by atoms with E-state index in [2.05, 4.69) is 0 Å². The van der Waals surface area contributed by atoms with Gasteiger partial charge in [-0.15, -0.1) is 0 Å². The minimum absolute atomic E-state index is 0.268. The number of halogens is 7. The predicted octanol–water partition coefficient (Wildman–Crippen LogP) is 4.41. The summed E-state index contributed by atoms with van der Waals surface area (Å²) in [5.41, 5.74) is -5.41. The summed E-state index contributed by atoms with van der Waals surface area (Å²) in [4.78, 5) is 10.9. The van der Waals surface area contributed by atoms with Gasteiger partial charge in [-0.1, -0.05) is 6.07 Å². The molecule has 1 rings (SSSR count). The largest absolute Gasteiger partial charge is 0.417 e. The van der Waals surface area contributed by atoms with Crippen LogP contribution in [0.1, 0.15) is 27.0 Å². The third kappa shape index (κ3) is 2.77. The predicted molar refractivity (Wildman–Crippen MR) is 51.4 cm³/mol. The van der Waals surface area contributed by atoms with Gasteiger partial charge in [0.25, 0.3) is 5.24 Å². The van der Waals surface area contributed by atoms with E-state index < -0.39 is 34.3 Å². The number of aryl methyl sites for hydroxylation is 1. The topological polar surface area (TPSA) is 17.1 Å². The monoisotopic (exact) mass is 290 g/mol. The van der Waals surface area contributed by atoms with Crippen molar-refractivity contribution in [1.82, 2.24) is 0 Å². The fourth-order valence-corrected chi connectivity index (χ4v) is 1.73. The van der Waals surface area contributed by atoms with E-state index >= 15 is 0 Å². The Morgan fingerprint density at radius 2 is 1.56 bits per heavy atom. The number of alkyl halides is 6. The molecule has 0 fully saturated rings. The molecule has 0 N–H and O–H groups in total. The Balaban J connectivity index is 3.78. The highest BCUT2D eigenvalue weighted by atomic mass is 35.5. The van der Waals surface area contributed by atoms with Crippen LogP contribution < -0.4 is 0 Å². The molecule has 18 heavy (non-hydrogen) atoms. The Kier molecular flexibility index (Phi) is 3.67. The maximum Gasteiger partial charge on any atom is 0.417 e. The van der Waals surface area contributed by atoms with Gasteiger partial charge < -0.3 is 0 Å². The lowest BCUT2D eigenvalue weighted by atomic mass is 9.96. The molecule has 0 aliphatic heterocycles. The fraction of sp³-hybridized carbons (Fsp3) is 0.300. The Bertz CT molecular complexity index is 488. The van der Waals surface area contributed by atoms with Crippen molar-refractivity contribution in [3.63, 3.8) is 0 Å². The van der Waals surface area contributed by atoms with E-state index in [1.54, 1.807) is 0 Å². The van der Waals surface area contributed by atoms with Crippen molar-refractivity contribution in [2.24, 2.45) is 0 Å². The van der Waals surface area contributed by atoms with Crippen LogP contribution in [-0.4, -0.2) is 5.24 Å². The molecule has 0 amide bonds. The van der Waals surface area contributed by atoms with Crippen molar-refractivity contribution >= 4 is 16.8 Å². The van der Waals surface area contributed by atoms with E-state index in [0.717, 1.165) is 13.0 Å². The van der Waals surface area contributed by atoms with E-state index in [0.29, 0.717) is 0 Å². The maximum atomic E-state index is 12.7. The molecule has 0 saturated carbocycles. The Morgan fingerprint density at radius 1 is 1.06 bits per heavy atom.